The van der Waals surface area contributed by atoms with Gasteiger partial charge in [-0.25, -0.2) is 0 Å². The summed E-state index contributed by atoms with van der Waals surface area (Å²) in [5.41, 5.74) is 0. The first-order chi connectivity index (χ1) is 18.2. The van der Waals surface area contributed by atoms with Gasteiger partial charge in [-0.1, -0.05) is 0 Å². The normalized spacial score (nSPS) is 17.3. The maximum atomic E-state index is 13.6. The fourth-order valence-corrected chi connectivity index (χ4v) is 2.67. The van der Waals surface area contributed by atoms with E-state index in [0.717, 1.165) is 0 Å². The number of alkyl halides is 30. The van der Waals surface area contributed by atoms with E-state index in [1.54, 1.807) is 0 Å². The third kappa shape index (κ3) is 4.79. The van der Waals surface area contributed by atoms with E-state index in [4.69, 9.17) is 0 Å². The molecular weight excluding hydrogens is 846 g/mol. The summed E-state index contributed by atoms with van der Waals surface area (Å²) in [4.78, 5) is 0. The van der Waals surface area contributed by atoms with E-state index in [1.165, 1.54) is 0 Å². The molecule has 0 aliphatic rings. The van der Waals surface area contributed by atoms with E-state index in [1.807, 2.05) is 0 Å². The zero-order valence-corrected chi connectivity index (χ0v) is 20.5. The SMILES string of the molecule is FC(F)(F)C(F)(F)C(F)(F)C(F)(F)C(F)(F)C(F)(F)C(F)(F)C(F)(F)C(F)(F)C(F)(F)C(F)(F)C(F)(F)C(F)(F)C(F)(F)I. The van der Waals surface area contributed by atoms with Gasteiger partial charge >= 0.3 is 81.2 Å². The van der Waals surface area contributed by atoms with Gasteiger partial charge in [0.05, 0.1) is 0 Å². The molecule has 0 aliphatic carbocycles. The number of halogens is 30. The van der Waals surface area contributed by atoms with Crippen LogP contribution in [-0.4, -0.2) is 81.2 Å². The van der Waals surface area contributed by atoms with Crippen LogP contribution in [0.5, 0.6) is 0 Å². The van der Waals surface area contributed by atoms with Crippen LogP contribution in [0.15, 0.2) is 0 Å². The summed E-state index contributed by atoms with van der Waals surface area (Å²) in [5.74, 6) is -113. The summed E-state index contributed by atoms with van der Waals surface area (Å²) in [7, 11) is 0. The van der Waals surface area contributed by atoms with Gasteiger partial charge in [0, 0.05) is 22.6 Å². The van der Waals surface area contributed by atoms with E-state index in [0.29, 0.717) is 0 Å². The Bertz CT molecular complexity index is 969. The minimum absolute atomic E-state index is 1.33. The highest BCUT2D eigenvalue weighted by Crippen LogP contribution is 2.69. The fourth-order valence-electron chi connectivity index (χ4n) is 2.33. The Hall–Kier alpha value is -1.30. The Kier molecular flexibility index (Phi) is 9.80. The van der Waals surface area contributed by atoms with Gasteiger partial charge in [-0.2, -0.15) is 127 Å². The van der Waals surface area contributed by atoms with Gasteiger partial charge in [-0.05, 0) is 0 Å². The lowest BCUT2D eigenvalue weighted by atomic mass is 9.84. The first-order valence-corrected chi connectivity index (χ1v) is 10.00. The Labute approximate surface area is 232 Å². The van der Waals surface area contributed by atoms with Crippen LogP contribution in [0.25, 0.3) is 0 Å². The van der Waals surface area contributed by atoms with Crippen LogP contribution in [-0.2, 0) is 0 Å². The molecule has 44 heavy (non-hydrogen) atoms. The molecule has 0 heterocycles. The third-order valence-electron chi connectivity index (χ3n) is 5.05. The molecule has 0 atom stereocenters. The van der Waals surface area contributed by atoms with Crippen molar-refractivity contribution in [3.8, 4) is 0 Å². The summed E-state index contributed by atoms with van der Waals surface area (Å²) in [6.07, 6.45) is -8.28. The molecule has 0 aromatic rings. The smallest absolute Gasteiger partial charge is 0.192 e. The average Bonchev–Trinajstić information content (AvgIpc) is 2.75. The number of rotatable bonds is 12. The van der Waals surface area contributed by atoms with Crippen LogP contribution < -0.4 is 0 Å². The minimum Gasteiger partial charge on any atom is -0.192 e. The summed E-state index contributed by atoms with van der Waals surface area (Å²) >= 11 is -1.33. The molecule has 0 unspecified atom stereocenters. The summed E-state index contributed by atoms with van der Waals surface area (Å²) < 4.78 is 374. The van der Waals surface area contributed by atoms with Crippen molar-refractivity contribution in [3.05, 3.63) is 0 Å². The zero-order valence-electron chi connectivity index (χ0n) is 18.3. The molecule has 0 aromatic carbocycles. The predicted octanol–water partition coefficient (Wildman–Crippen LogP) is 10.2. The second kappa shape index (κ2) is 10.1. The lowest BCUT2D eigenvalue weighted by molar-refractivity contribution is -0.486. The van der Waals surface area contributed by atoms with Crippen molar-refractivity contribution < 1.29 is 127 Å². The van der Waals surface area contributed by atoms with Gasteiger partial charge in [0.2, 0.25) is 0 Å². The van der Waals surface area contributed by atoms with Crippen molar-refractivity contribution in [1.82, 2.24) is 0 Å². The number of hydrogen-bond donors (Lipinski definition) is 0. The van der Waals surface area contributed by atoms with Crippen LogP contribution in [0.3, 0.4) is 0 Å². The van der Waals surface area contributed by atoms with Crippen molar-refractivity contribution in [2.24, 2.45) is 0 Å². The van der Waals surface area contributed by atoms with Crippen molar-refractivity contribution in [2.75, 3.05) is 0 Å². The minimum atomic E-state index is -9.90. The maximum Gasteiger partial charge on any atom is 0.460 e. The van der Waals surface area contributed by atoms with E-state index >= 15 is 0 Å². The van der Waals surface area contributed by atoms with Gasteiger partial charge in [-0.3, -0.25) is 0 Å². The first-order valence-electron chi connectivity index (χ1n) is 8.92. The predicted molar refractivity (Wildman–Crippen MR) is 84.4 cm³/mol. The van der Waals surface area contributed by atoms with Crippen LogP contribution in [0.2, 0.25) is 0 Å². The Balaban J connectivity index is 7.52. The third-order valence-corrected chi connectivity index (χ3v) is 5.73. The van der Waals surface area contributed by atoms with Crippen molar-refractivity contribution in [3.63, 3.8) is 0 Å². The standard InChI is InChI=1S/C14F29I/c15-1(16,3(19,20)5(23,24)7(27,28)9(31,32)11(35,36)13(39,40)41)2(17,18)4(21,22)6(25,26)8(29,30)10(33,34)12(37,38)14(42,43)44. The van der Waals surface area contributed by atoms with Crippen LogP contribution >= 0.6 is 22.6 Å². The van der Waals surface area contributed by atoms with E-state index in [-0.39, 0.29) is 0 Å². The largest absolute Gasteiger partial charge is 0.460 e. The fraction of sp³-hybridized carbons (Fsp3) is 1.00. The molecular formula is C14F29I. The second-order valence-electron chi connectivity index (χ2n) is 7.89. The molecule has 0 fully saturated rings. The van der Waals surface area contributed by atoms with Gasteiger partial charge in [0.25, 0.3) is 0 Å². The maximum absolute atomic E-state index is 13.6. The average molecular weight is 846 g/mol. The molecule has 0 radical (unpaired) electrons. The summed E-state index contributed by atoms with van der Waals surface area (Å²) in [5, 5.41) is 0. The van der Waals surface area contributed by atoms with E-state index in [9.17, 15) is 127 Å². The molecule has 0 saturated heterocycles. The molecule has 30 heteroatoms. The van der Waals surface area contributed by atoms with E-state index < -0.39 is 104 Å². The van der Waals surface area contributed by atoms with Crippen molar-refractivity contribution in [2.45, 2.75) is 81.2 Å². The Morgan fingerprint density at radius 2 is 0.295 bits per heavy atom. The molecule has 0 amide bonds. The summed E-state index contributed by atoms with van der Waals surface area (Å²) in [6, 6.07) is 0. The van der Waals surface area contributed by atoms with Crippen LogP contribution in [0.4, 0.5) is 127 Å². The zero-order chi connectivity index (χ0) is 37.0. The molecule has 266 valence electrons. The van der Waals surface area contributed by atoms with Gasteiger partial charge in [-0.15, -0.1) is 0 Å². The molecule has 0 N–H and O–H groups in total. The summed E-state index contributed by atoms with van der Waals surface area (Å²) in [6.45, 7) is 0. The molecule has 0 aromatic heterocycles. The van der Waals surface area contributed by atoms with Crippen molar-refractivity contribution in [1.29, 1.82) is 0 Å². The van der Waals surface area contributed by atoms with Crippen molar-refractivity contribution >= 4 is 22.6 Å². The van der Waals surface area contributed by atoms with Gasteiger partial charge in [0.1, 0.15) is 0 Å². The Morgan fingerprint density at radius 3 is 0.409 bits per heavy atom. The lowest BCUT2D eigenvalue weighted by Crippen LogP contribution is -2.79. The Morgan fingerprint density at radius 1 is 0.182 bits per heavy atom. The lowest BCUT2D eigenvalue weighted by Gasteiger charge is -2.46. The topological polar surface area (TPSA) is 0 Å². The van der Waals surface area contributed by atoms with Gasteiger partial charge in [0.15, 0.2) is 0 Å². The highest BCUT2D eigenvalue weighted by atomic mass is 127. The van der Waals surface area contributed by atoms with Crippen LogP contribution in [0.1, 0.15) is 0 Å². The van der Waals surface area contributed by atoms with Crippen LogP contribution in [0, 0.1) is 0 Å². The highest BCUT2D eigenvalue weighted by Gasteiger charge is 3.00. The van der Waals surface area contributed by atoms with Gasteiger partial charge < -0.3 is 0 Å². The molecule has 0 spiro atoms. The molecule has 0 nitrogen and oxygen atoms in total. The molecule has 0 saturated carbocycles. The molecule has 0 bridgehead atoms. The number of hydrogen-bond acceptors (Lipinski definition) is 0. The monoisotopic (exact) mass is 846 g/mol. The second-order valence-corrected chi connectivity index (χ2v) is 9.24. The molecule has 0 aliphatic heterocycles. The van der Waals surface area contributed by atoms with E-state index in [2.05, 4.69) is 0 Å². The first kappa shape index (κ1) is 42.7. The molecule has 0 rings (SSSR count). The quantitative estimate of drug-likeness (QED) is 0.104. The highest BCUT2D eigenvalue weighted by molar-refractivity contribution is 14.1.